The number of imidazole rings is 1. The van der Waals surface area contributed by atoms with E-state index in [1.165, 1.54) is 0 Å². The Kier molecular flexibility index (Phi) is 4.88. The molecule has 0 aliphatic carbocycles. The van der Waals surface area contributed by atoms with Crippen LogP contribution < -0.4 is 0 Å². The highest BCUT2D eigenvalue weighted by atomic mass is 15.1. The van der Waals surface area contributed by atoms with Gasteiger partial charge >= 0.3 is 0 Å². The zero-order valence-corrected chi connectivity index (χ0v) is 16.8. The standard InChI is InChI=1S/C28H19N3/c29-20-21-9-7-14-24(19-21)28-30-17-18-31(28)27-25(22-10-3-1-4-11-22)15-8-16-26(27)23-12-5-2-6-13-23/h1-19H. The molecule has 0 amide bonds. The maximum atomic E-state index is 9.35. The molecule has 31 heavy (non-hydrogen) atoms. The highest BCUT2D eigenvalue weighted by Crippen LogP contribution is 2.37. The summed E-state index contributed by atoms with van der Waals surface area (Å²) in [5.74, 6) is 0.803. The maximum Gasteiger partial charge on any atom is 0.144 e. The summed E-state index contributed by atoms with van der Waals surface area (Å²) in [7, 11) is 0. The first-order valence-electron chi connectivity index (χ1n) is 10.1. The lowest BCUT2D eigenvalue weighted by Crippen LogP contribution is -2.02. The molecule has 5 aromatic rings. The summed E-state index contributed by atoms with van der Waals surface area (Å²) in [6, 6.07) is 37.0. The number of rotatable bonds is 4. The molecular formula is C28H19N3. The van der Waals surface area contributed by atoms with E-state index in [1.54, 1.807) is 0 Å². The second-order valence-corrected chi connectivity index (χ2v) is 7.25. The normalized spacial score (nSPS) is 10.5. The van der Waals surface area contributed by atoms with E-state index in [9.17, 15) is 5.26 Å². The Labute approximate surface area is 181 Å². The van der Waals surface area contributed by atoms with Crippen molar-refractivity contribution in [1.29, 1.82) is 5.26 Å². The van der Waals surface area contributed by atoms with Crippen LogP contribution in [0.3, 0.4) is 0 Å². The number of nitriles is 1. The molecule has 146 valence electrons. The summed E-state index contributed by atoms with van der Waals surface area (Å²) in [5.41, 5.74) is 7.11. The molecule has 0 aliphatic heterocycles. The van der Waals surface area contributed by atoms with Gasteiger partial charge in [0.15, 0.2) is 0 Å². The minimum Gasteiger partial charge on any atom is -0.299 e. The molecule has 0 N–H and O–H groups in total. The van der Waals surface area contributed by atoms with Gasteiger partial charge in [0.25, 0.3) is 0 Å². The van der Waals surface area contributed by atoms with Crippen molar-refractivity contribution in [3.05, 3.63) is 121 Å². The van der Waals surface area contributed by atoms with Gasteiger partial charge in [-0.15, -0.1) is 0 Å². The largest absolute Gasteiger partial charge is 0.299 e. The van der Waals surface area contributed by atoms with Crippen LogP contribution in [-0.2, 0) is 0 Å². The molecule has 0 atom stereocenters. The highest BCUT2D eigenvalue weighted by molar-refractivity contribution is 5.86. The topological polar surface area (TPSA) is 41.6 Å². The number of hydrogen-bond acceptors (Lipinski definition) is 2. The van der Waals surface area contributed by atoms with Crippen molar-refractivity contribution in [2.45, 2.75) is 0 Å². The van der Waals surface area contributed by atoms with Crippen LogP contribution in [-0.4, -0.2) is 9.55 Å². The van der Waals surface area contributed by atoms with Gasteiger partial charge in [0.05, 0.1) is 17.3 Å². The van der Waals surface area contributed by atoms with Crippen molar-refractivity contribution in [2.75, 3.05) is 0 Å². The minimum absolute atomic E-state index is 0.617. The summed E-state index contributed by atoms with van der Waals surface area (Å²) in [5, 5.41) is 9.35. The lowest BCUT2D eigenvalue weighted by molar-refractivity contribution is 1.07. The third-order valence-electron chi connectivity index (χ3n) is 5.34. The minimum atomic E-state index is 0.617. The van der Waals surface area contributed by atoms with Crippen molar-refractivity contribution >= 4 is 0 Å². The summed E-state index contributed by atoms with van der Waals surface area (Å²) in [6.07, 6.45) is 3.80. The Morgan fingerprint density at radius 2 is 1.23 bits per heavy atom. The van der Waals surface area contributed by atoms with Crippen LogP contribution in [0.4, 0.5) is 0 Å². The first-order chi connectivity index (χ1) is 15.3. The average Bonchev–Trinajstić information content (AvgIpc) is 3.34. The van der Waals surface area contributed by atoms with Crippen LogP contribution in [0, 0.1) is 11.3 Å². The molecule has 3 nitrogen and oxygen atoms in total. The van der Waals surface area contributed by atoms with E-state index in [4.69, 9.17) is 0 Å². The third-order valence-corrected chi connectivity index (χ3v) is 5.34. The number of aromatic nitrogens is 2. The molecule has 0 fully saturated rings. The molecule has 4 aromatic carbocycles. The van der Waals surface area contributed by atoms with Gasteiger partial charge in [0.2, 0.25) is 0 Å². The second kappa shape index (κ2) is 8.14. The van der Waals surface area contributed by atoms with Crippen molar-refractivity contribution in [2.24, 2.45) is 0 Å². The molecule has 0 radical (unpaired) electrons. The molecule has 0 bridgehead atoms. The van der Waals surface area contributed by atoms with Gasteiger partial charge in [-0.05, 0) is 23.3 Å². The van der Waals surface area contributed by atoms with Gasteiger partial charge in [-0.1, -0.05) is 91.0 Å². The molecule has 0 unspecified atom stereocenters. The quantitative estimate of drug-likeness (QED) is 0.337. The summed E-state index contributed by atoms with van der Waals surface area (Å²) in [4.78, 5) is 4.66. The SMILES string of the molecule is N#Cc1cccc(-c2nccn2-c2c(-c3ccccc3)cccc2-c2ccccc2)c1. The Balaban J connectivity index is 1.80. The molecular weight excluding hydrogens is 378 g/mol. The fourth-order valence-corrected chi connectivity index (χ4v) is 3.93. The third kappa shape index (κ3) is 3.52. The van der Waals surface area contributed by atoms with Gasteiger partial charge in [0.1, 0.15) is 5.82 Å². The van der Waals surface area contributed by atoms with E-state index >= 15 is 0 Å². The zero-order chi connectivity index (χ0) is 21.0. The van der Waals surface area contributed by atoms with Gasteiger partial charge in [-0.2, -0.15) is 5.26 Å². The summed E-state index contributed by atoms with van der Waals surface area (Å²) in [6.45, 7) is 0. The molecule has 0 spiro atoms. The lowest BCUT2D eigenvalue weighted by atomic mass is 9.95. The summed E-state index contributed by atoms with van der Waals surface area (Å²) >= 11 is 0. The molecule has 0 saturated carbocycles. The van der Waals surface area contributed by atoms with Gasteiger partial charge in [-0.25, -0.2) is 4.98 Å². The molecule has 0 saturated heterocycles. The van der Waals surface area contributed by atoms with E-state index < -0.39 is 0 Å². The molecule has 0 aliphatic rings. The molecule has 1 heterocycles. The molecule has 5 rings (SSSR count). The monoisotopic (exact) mass is 397 g/mol. The molecule has 3 heteroatoms. The lowest BCUT2D eigenvalue weighted by Gasteiger charge is -2.18. The fourth-order valence-electron chi connectivity index (χ4n) is 3.93. The second-order valence-electron chi connectivity index (χ2n) is 7.25. The van der Waals surface area contributed by atoms with Crippen LogP contribution in [0.2, 0.25) is 0 Å². The Morgan fingerprint density at radius 1 is 0.645 bits per heavy atom. The van der Waals surface area contributed by atoms with Gasteiger partial charge in [-0.3, -0.25) is 4.57 Å². The number of hydrogen-bond donors (Lipinski definition) is 0. The van der Waals surface area contributed by atoms with Crippen LogP contribution in [0.5, 0.6) is 0 Å². The van der Waals surface area contributed by atoms with Crippen LogP contribution in [0.25, 0.3) is 39.3 Å². The zero-order valence-electron chi connectivity index (χ0n) is 16.8. The van der Waals surface area contributed by atoms with E-state index in [-0.39, 0.29) is 0 Å². The van der Waals surface area contributed by atoms with Gasteiger partial charge < -0.3 is 0 Å². The maximum absolute atomic E-state index is 9.35. The summed E-state index contributed by atoms with van der Waals surface area (Å²) < 4.78 is 2.13. The van der Waals surface area contributed by atoms with E-state index in [2.05, 4.69) is 82.4 Å². The Hall–Kier alpha value is -4.42. The van der Waals surface area contributed by atoms with E-state index in [0.29, 0.717) is 5.56 Å². The highest BCUT2D eigenvalue weighted by Gasteiger charge is 2.17. The van der Waals surface area contributed by atoms with Crippen LogP contribution in [0.1, 0.15) is 5.56 Å². The van der Waals surface area contributed by atoms with Crippen LogP contribution in [0.15, 0.2) is 116 Å². The van der Waals surface area contributed by atoms with E-state index in [0.717, 1.165) is 39.3 Å². The smallest absolute Gasteiger partial charge is 0.144 e. The van der Waals surface area contributed by atoms with Crippen molar-refractivity contribution in [1.82, 2.24) is 9.55 Å². The number of nitrogens with zero attached hydrogens (tertiary/aromatic N) is 3. The Morgan fingerprint density at radius 3 is 1.84 bits per heavy atom. The van der Waals surface area contributed by atoms with Gasteiger partial charge in [0, 0.05) is 29.1 Å². The fraction of sp³-hybridized carbons (Fsp3) is 0. The first kappa shape index (κ1) is 18.6. The predicted octanol–water partition coefficient (Wildman–Crippen LogP) is 6.74. The Bertz CT molecular complexity index is 1320. The number of para-hydroxylation sites is 1. The van der Waals surface area contributed by atoms with E-state index in [1.807, 2.05) is 48.8 Å². The van der Waals surface area contributed by atoms with Crippen LogP contribution >= 0.6 is 0 Å². The first-order valence-corrected chi connectivity index (χ1v) is 10.1. The molecule has 1 aromatic heterocycles. The van der Waals surface area contributed by atoms with Crippen molar-refractivity contribution in [3.8, 4) is 45.4 Å². The van der Waals surface area contributed by atoms with Crippen molar-refractivity contribution in [3.63, 3.8) is 0 Å². The predicted molar refractivity (Wildman–Crippen MR) is 125 cm³/mol. The van der Waals surface area contributed by atoms with Crippen molar-refractivity contribution < 1.29 is 0 Å². The number of benzene rings is 4. The average molecular weight is 397 g/mol.